The Labute approximate surface area is 146 Å². The lowest BCUT2D eigenvalue weighted by Crippen LogP contribution is -2.32. The first-order valence-electron chi connectivity index (χ1n) is 8.31. The summed E-state index contributed by atoms with van der Waals surface area (Å²) in [6, 6.07) is 0. The van der Waals surface area contributed by atoms with Crippen molar-refractivity contribution in [1.82, 2.24) is 19.7 Å². The molecule has 0 radical (unpaired) electrons. The van der Waals surface area contributed by atoms with E-state index in [4.69, 9.17) is 5.73 Å². The highest BCUT2D eigenvalue weighted by Gasteiger charge is 2.19. The molecule has 1 aliphatic carbocycles. The van der Waals surface area contributed by atoms with Crippen LogP contribution < -0.4 is 5.73 Å². The van der Waals surface area contributed by atoms with E-state index >= 15 is 0 Å². The van der Waals surface area contributed by atoms with Gasteiger partial charge in [-0.15, -0.1) is 10.2 Å². The molecule has 8 heteroatoms. The fraction of sp³-hybridized carbons (Fsp3) is 0.625. The molecule has 1 aromatic heterocycles. The third-order valence-electron chi connectivity index (χ3n) is 4.08. The van der Waals surface area contributed by atoms with Crippen molar-refractivity contribution in [3.8, 4) is 0 Å². The molecule has 0 bridgehead atoms. The number of carbonyl (C=O) groups is 2. The van der Waals surface area contributed by atoms with Gasteiger partial charge < -0.3 is 15.2 Å². The highest BCUT2D eigenvalue weighted by molar-refractivity contribution is 7.99. The van der Waals surface area contributed by atoms with Crippen LogP contribution in [0.25, 0.3) is 0 Å². The Morgan fingerprint density at radius 2 is 2.17 bits per heavy atom. The van der Waals surface area contributed by atoms with Crippen LogP contribution >= 0.6 is 11.8 Å². The molecule has 2 N–H and O–H groups in total. The normalized spacial score (nSPS) is 14.3. The predicted octanol–water partition coefficient (Wildman–Crippen LogP) is 1.63. The van der Waals surface area contributed by atoms with Crippen molar-refractivity contribution in [3.05, 3.63) is 17.6 Å². The molecule has 0 unspecified atom stereocenters. The van der Waals surface area contributed by atoms with Crippen molar-refractivity contribution >= 4 is 23.6 Å². The lowest BCUT2D eigenvalue weighted by molar-refractivity contribution is -0.126. The number of hydrogen-bond donors (Lipinski definition) is 1. The number of thioether (sulfide) groups is 1. The second kappa shape index (κ2) is 8.86. The minimum absolute atomic E-state index is 0.0948. The molecule has 0 aromatic carbocycles. The zero-order chi connectivity index (χ0) is 17.5. The number of aryl methyl sites for hydroxylation is 1. The van der Waals surface area contributed by atoms with Crippen molar-refractivity contribution in [2.45, 2.75) is 50.6 Å². The molecule has 0 atom stereocenters. The average Bonchev–Trinajstić information content (AvgIpc) is 2.93. The van der Waals surface area contributed by atoms with Crippen molar-refractivity contribution < 1.29 is 9.59 Å². The number of nitrogens with zero attached hydrogens (tertiary/aromatic N) is 4. The molecule has 2 rings (SSSR count). The third-order valence-corrected chi connectivity index (χ3v) is 5.08. The number of aromatic nitrogens is 3. The standard InChI is InChI=1S/C16H25N5O2S/c1-3-21(12-7-5-4-6-8-12)15(23)11-24-16-19-18-14(20(16)2)10-9-13(17)22/h7H,3-6,8-11H2,1-2H3,(H2,17,22). The first-order chi connectivity index (χ1) is 11.5. The van der Waals surface area contributed by atoms with Crippen LogP contribution in [-0.2, 0) is 23.1 Å². The Bertz CT molecular complexity index is 626. The molecular weight excluding hydrogens is 326 g/mol. The Kier molecular flexibility index (Phi) is 6.84. The van der Waals surface area contributed by atoms with Crippen molar-refractivity contribution in [1.29, 1.82) is 0 Å². The molecule has 1 aromatic rings. The van der Waals surface area contributed by atoms with E-state index in [1.54, 1.807) is 0 Å². The summed E-state index contributed by atoms with van der Waals surface area (Å²) in [5.74, 6) is 0.762. The van der Waals surface area contributed by atoms with Crippen LogP contribution in [0, 0.1) is 0 Å². The number of nitrogens with two attached hydrogens (primary N) is 1. The number of allylic oxidation sites excluding steroid dienone is 2. The molecule has 132 valence electrons. The number of hydrogen-bond acceptors (Lipinski definition) is 5. The summed E-state index contributed by atoms with van der Waals surface area (Å²) in [5, 5.41) is 8.85. The molecule has 0 spiro atoms. The SMILES string of the molecule is CCN(C(=O)CSc1nnc(CCC(N)=O)n1C)C1=CCCCC1. The zero-order valence-electron chi connectivity index (χ0n) is 14.3. The predicted molar refractivity (Wildman–Crippen MR) is 93.2 cm³/mol. The fourth-order valence-corrected chi connectivity index (χ4v) is 3.54. The first-order valence-corrected chi connectivity index (χ1v) is 9.30. The molecule has 24 heavy (non-hydrogen) atoms. The summed E-state index contributed by atoms with van der Waals surface area (Å²) in [5.41, 5.74) is 6.31. The summed E-state index contributed by atoms with van der Waals surface area (Å²) < 4.78 is 1.82. The summed E-state index contributed by atoms with van der Waals surface area (Å²) in [6.07, 6.45) is 7.27. The first kappa shape index (κ1) is 18.5. The van der Waals surface area contributed by atoms with Gasteiger partial charge in [0.1, 0.15) is 5.82 Å². The van der Waals surface area contributed by atoms with Gasteiger partial charge in [-0.1, -0.05) is 17.8 Å². The lowest BCUT2D eigenvalue weighted by atomic mass is 10.0. The Morgan fingerprint density at radius 1 is 1.38 bits per heavy atom. The van der Waals surface area contributed by atoms with Gasteiger partial charge in [-0.3, -0.25) is 9.59 Å². The van der Waals surface area contributed by atoms with E-state index in [0.29, 0.717) is 29.7 Å². The van der Waals surface area contributed by atoms with Crippen molar-refractivity contribution in [3.63, 3.8) is 0 Å². The smallest absolute Gasteiger partial charge is 0.237 e. The van der Waals surface area contributed by atoms with Gasteiger partial charge in [0.2, 0.25) is 11.8 Å². The van der Waals surface area contributed by atoms with Crippen LogP contribution in [0.4, 0.5) is 0 Å². The molecule has 7 nitrogen and oxygen atoms in total. The molecule has 2 amide bonds. The van der Waals surface area contributed by atoms with Crippen LogP contribution in [0.15, 0.2) is 16.9 Å². The topological polar surface area (TPSA) is 94.1 Å². The van der Waals surface area contributed by atoms with Gasteiger partial charge in [0.15, 0.2) is 5.16 Å². The van der Waals surface area contributed by atoms with Crippen LogP contribution in [0.2, 0.25) is 0 Å². The van der Waals surface area contributed by atoms with Gasteiger partial charge in [-0.05, 0) is 32.6 Å². The lowest BCUT2D eigenvalue weighted by Gasteiger charge is -2.26. The number of rotatable bonds is 8. The Morgan fingerprint density at radius 3 is 2.79 bits per heavy atom. The maximum absolute atomic E-state index is 12.5. The van der Waals surface area contributed by atoms with Crippen LogP contribution in [0.5, 0.6) is 0 Å². The van der Waals surface area contributed by atoms with E-state index in [0.717, 1.165) is 25.0 Å². The van der Waals surface area contributed by atoms with E-state index in [9.17, 15) is 9.59 Å². The molecular formula is C16H25N5O2S. The number of amides is 2. The monoisotopic (exact) mass is 351 g/mol. The quantitative estimate of drug-likeness (QED) is 0.719. The van der Waals surface area contributed by atoms with Gasteiger partial charge >= 0.3 is 0 Å². The average molecular weight is 351 g/mol. The van der Waals surface area contributed by atoms with E-state index in [1.807, 2.05) is 23.4 Å². The van der Waals surface area contributed by atoms with Gasteiger partial charge in [0, 0.05) is 32.1 Å². The summed E-state index contributed by atoms with van der Waals surface area (Å²) >= 11 is 1.37. The van der Waals surface area contributed by atoms with E-state index in [-0.39, 0.29) is 18.2 Å². The Balaban J connectivity index is 1.93. The second-order valence-corrected chi connectivity index (χ2v) is 6.73. The van der Waals surface area contributed by atoms with E-state index < -0.39 is 0 Å². The fourth-order valence-electron chi connectivity index (χ4n) is 2.73. The van der Waals surface area contributed by atoms with E-state index in [2.05, 4.69) is 16.3 Å². The summed E-state index contributed by atoms with van der Waals surface area (Å²) in [6.45, 7) is 2.69. The third kappa shape index (κ3) is 4.83. The maximum atomic E-state index is 12.5. The summed E-state index contributed by atoms with van der Waals surface area (Å²) in [4.78, 5) is 25.3. The Hall–Kier alpha value is -1.83. The van der Waals surface area contributed by atoms with E-state index in [1.165, 1.54) is 18.2 Å². The largest absolute Gasteiger partial charge is 0.370 e. The van der Waals surface area contributed by atoms with Crippen LogP contribution in [0.3, 0.4) is 0 Å². The second-order valence-electron chi connectivity index (χ2n) is 5.79. The van der Waals surface area contributed by atoms with Gasteiger partial charge in [-0.2, -0.15) is 0 Å². The molecule has 0 fully saturated rings. The molecule has 0 saturated carbocycles. The highest BCUT2D eigenvalue weighted by Crippen LogP contribution is 2.23. The maximum Gasteiger partial charge on any atom is 0.237 e. The van der Waals surface area contributed by atoms with Gasteiger partial charge in [0.25, 0.3) is 0 Å². The molecule has 1 heterocycles. The number of carbonyl (C=O) groups excluding carboxylic acids is 2. The minimum Gasteiger partial charge on any atom is -0.370 e. The van der Waals surface area contributed by atoms with Crippen molar-refractivity contribution in [2.75, 3.05) is 12.3 Å². The minimum atomic E-state index is -0.360. The number of primary amides is 1. The van der Waals surface area contributed by atoms with Crippen molar-refractivity contribution in [2.24, 2.45) is 12.8 Å². The highest BCUT2D eigenvalue weighted by atomic mass is 32.2. The van der Waals surface area contributed by atoms with Gasteiger partial charge in [-0.25, -0.2) is 0 Å². The van der Waals surface area contributed by atoms with Crippen LogP contribution in [-0.4, -0.2) is 43.8 Å². The molecule has 1 aliphatic rings. The summed E-state index contributed by atoms with van der Waals surface area (Å²) in [7, 11) is 1.84. The molecule has 0 saturated heterocycles. The van der Waals surface area contributed by atoms with Gasteiger partial charge in [0.05, 0.1) is 5.75 Å². The zero-order valence-corrected chi connectivity index (χ0v) is 15.1. The molecule has 0 aliphatic heterocycles. The van der Waals surface area contributed by atoms with Crippen LogP contribution in [0.1, 0.15) is 44.9 Å².